The molecule has 1 N–H and O–H groups in total. The van der Waals surface area contributed by atoms with E-state index in [1.807, 2.05) is 26.0 Å². The maximum atomic E-state index is 13.4. The van der Waals surface area contributed by atoms with Gasteiger partial charge < -0.3 is 19.7 Å². The van der Waals surface area contributed by atoms with Crippen LogP contribution in [-0.2, 0) is 26.2 Å². The zero-order valence-electron chi connectivity index (χ0n) is 22.9. The fourth-order valence-electron chi connectivity index (χ4n) is 3.78. The lowest BCUT2D eigenvalue weighted by molar-refractivity contribution is -0.140. The Bertz CT molecular complexity index is 1190. The van der Waals surface area contributed by atoms with E-state index in [2.05, 4.69) is 5.32 Å². The Kier molecular flexibility index (Phi) is 11.7. The van der Waals surface area contributed by atoms with Gasteiger partial charge in [0, 0.05) is 26.1 Å². The van der Waals surface area contributed by atoms with E-state index >= 15 is 0 Å². The van der Waals surface area contributed by atoms with Crippen LogP contribution in [0.5, 0.6) is 11.5 Å². The van der Waals surface area contributed by atoms with Gasteiger partial charge in [-0.2, -0.15) is 0 Å². The second kappa shape index (κ2) is 14.2. The van der Waals surface area contributed by atoms with Crippen LogP contribution in [0.1, 0.15) is 39.2 Å². The first kappa shape index (κ1) is 31.2. The summed E-state index contributed by atoms with van der Waals surface area (Å²) in [5.41, 5.74) is 1.22. The molecule has 2 aromatic carbocycles. The van der Waals surface area contributed by atoms with Crippen LogP contribution in [-0.4, -0.2) is 64.7 Å². The van der Waals surface area contributed by atoms with Gasteiger partial charge in [0.25, 0.3) is 0 Å². The normalized spacial score (nSPS) is 12.1. The summed E-state index contributed by atoms with van der Waals surface area (Å²) in [6.07, 6.45) is 1.40. The number of amides is 2. The van der Waals surface area contributed by atoms with Gasteiger partial charge in [0.2, 0.25) is 21.8 Å². The molecule has 0 radical (unpaired) electrons. The topological polar surface area (TPSA) is 105 Å². The van der Waals surface area contributed by atoms with Crippen molar-refractivity contribution >= 4 is 39.1 Å². The molecule has 38 heavy (non-hydrogen) atoms. The third-order valence-electron chi connectivity index (χ3n) is 5.94. The van der Waals surface area contributed by atoms with Crippen molar-refractivity contribution in [3.8, 4) is 11.5 Å². The monoisotopic (exact) mass is 567 g/mol. The standard InChI is InChI=1S/C27H38ClN3O6S/c1-19(2)17-29-27(33)20(3)30(18-21-9-12-23(36-4)13-10-21)26(32)8-7-15-31(38(6,34)35)22-11-14-25(37-5)24(28)16-22/h9-14,16,19-20H,7-8,15,17-18H2,1-6H3,(H,29,33)/t20-/m0/s1. The summed E-state index contributed by atoms with van der Waals surface area (Å²) in [7, 11) is -0.590. The van der Waals surface area contributed by atoms with Crippen molar-refractivity contribution in [3.05, 3.63) is 53.1 Å². The van der Waals surface area contributed by atoms with Crippen LogP contribution >= 0.6 is 11.6 Å². The van der Waals surface area contributed by atoms with Gasteiger partial charge in [-0.1, -0.05) is 37.6 Å². The van der Waals surface area contributed by atoms with E-state index in [1.54, 1.807) is 38.3 Å². The van der Waals surface area contributed by atoms with E-state index in [0.29, 0.717) is 23.7 Å². The van der Waals surface area contributed by atoms with Gasteiger partial charge in [0.15, 0.2) is 0 Å². The highest BCUT2D eigenvalue weighted by atomic mass is 35.5. The van der Waals surface area contributed by atoms with Crippen molar-refractivity contribution < 1.29 is 27.5 Å². The number of rotatable bonds is 14. The molecule has 11 heteroatoms. The molecule has 0 aromatic heterocycles. The largest absolute Gasteiger partial charge is 0.497 e. The molecule has 0 saturated carbocycles. The average Bonchev–Trinajstić information content (AvgIpc) is 2.87. The van der Waals surface area contributed by atoms with Crippen molar-refractivity contribution in [3.63, 3.8) is 0 Å². The van der Waals surface area contributed by atoms with Crippen LogP contribution in [0.15, 0.2) is 42.5 Å². The highest BCUT2D eigenvalue weighted by Gasteiger charge is 2.27. The van der Waals surface area contributed by atoms with Crippen LogP contribution in [0.25, 0.3) is 0 Å². The van der Waals surface area contributed by atoms with Crippen molar-refractivity contribution in [2.45, 2.75) is 46.2 Å². The van der Waals surface area contributed by atoms with Gasteiger partial charge in [-0.15, -0.1) is 0 Å². The number of benzene rings is 2. The van der Waals surface area contributed by atoms with Gasteiger partial charge in [0.05, 0.1) is 31.2 Å². The van der Waals surface area contributed by atoms with Gasteiger partial charge in [-0.25, -0.2) is 8.42 Å². The number of sulfonamides is 1. The fraction of sp³-hybridized carbons (Fsp3) is 0.481. The molecule has 1 atom stereocenters. The van der Waals surface area contributed by atoms with Crippen molar-refractivity contribution in [2.75, 3.05) is 37.9 Å². The first-order valence-electron chi connectivity index (χ1n) is 12.4. The number of ether oxygens (including phenoxy) is 2. The minimum absolute atomic E-state index is 0.0495. The SMILES string of the molecule is COc1ccc(CN(C(=O)CCCN(c2ccc(OC)c(Cl)c2)S(C)(=O)=O)[C@@H](C)C(=O)NCC(C)C)cc1. The quantitative estimate of drug-likeness (QED) is 0.368. The number of anilines is 1. The first-order valence-corrected chi connectivity index (χ1v) is 14.6. The molecule has 2 amide bonds. The minimum atomic E-state index is -3.64. The molecule has 0 fully saturated rings. The van der Waals surface area contributed by atoms with Gasteiger partial charge >= 0.3 is 0 Å². The molecule has 9 nitrogen and oxygen atoms in total. The highest BCUT2D eigenvalue weighted by Crippen LogP contribution is 2.30. The van der Waals surface area contributed by atoms with Crippen LogP contribution in [0.4, 0.5) is 5.69 Å². The molecule has 0 spiro atoms. The van der Waals surface area contributed by atoms with Crippen molar-refractivity contribution in [1.29, 1.82) is 0 Å². The van der Waals surface area contributed by atoms with Gasteiger partial charge in [0.1, 0.15) is 17.5 Å². The van der Waals surface area contributed by atoms with E-state index < -0.39 is 16.1 Å². The summed E-state index contributed by atoms with van der Waals surface area (Å²) < 4.78 is 36.6. The van der Waals surface area contributed by atoms with E-state index in [1.165, 1.54) is 22.4 Å². The summed E-state index contributed by atoms with van der Waals surface area (Å²) >= 11 is 6.20. The maximum Gasteiger partial charge on any atom is 0.242 e. The van der Waals surface area contributed by atoms with E-state index in [4.69, 9.17) is 21.1 Å². The number of methoxy groups -OCH3 is 2. The Labute approximate surface area is 231 Å². The molecular weight excluding hydrogens is 530 g/mol. The van der Waals surface area contributed by atoms with Crippen LogP contribution in [0.2, 0.25) is 5.02 Å². The van der Waals surface area contributed by atoms with E-state index in [0.717, 1.165) is 11.8 Å². The third-order valence-corrected chi connectivity index (χ3v) is 7.43. The Morgan fingerprint density at radius 3 is 2.21 bits per heavy atom. The summed E-state index contributed by atoms with van der Waals surface area (Å²) in [5, 5.41) is 3.17. The molecule has 0 bridgehead atoms. The van der Waals surface area contributed by atoms with E-state index in [9.17, 15) is 18.0 Å². The van der Waals surface area contributed by atoms with Crippen LogP contribution < -0.4 is 19.1 Å². The summed E-state index contributed by atoms with van der Waals surface area (Å²) in [5.74, 6) is 0.887. The number of halogens is 1. The summed E-state index contributed by atoms with van der Waals surface area (Å²) in [6.45, 7) is 6.48. The van der Waals surface area contributed by atoms with Crippen LogP contribution in [0, 0.1) is 5.92 Å². The molecule has 0 unspecified atom stereocenters. The Hall–Kier alpha value is -2.98. The average molecular weight is 568 g/mol. The molecule has 0 aliphatic rings. The van der Waals surface area contributed by atoms with Gasteiger partial charge in [-0.05, 0) is 55.2 Å². The summed E-state index contributed by atoms with van der Waals surface area (Å²) in [6, 6.07) is 11.3. The third kappa shape index (κ3) is 9.09. The molecule has 0 heterocycles. The Morgan fingerprint density at radius 1 is 1.03 bits per heavy atom. The first-order chi connectivity index (χ1) is 17.9. The maximum absolute atomic E-state index is 13.4. The molecule has 2 rings (SSSR count). The summed E-state index contributed by atoms with van der Waals surface area (Å²) in [4.78, 5) is 27.7. The van der Waals surface area contributed by atoms with Gasteiger partial charge in [-0.3, -0.25) is 13.9 Å². The second-order valence-corrected chi connectivity index (χ2v) is 11.8. The number of nitrogens with one attached hydrogen (secondary N) is 1. The predicted molar refractivity (Wildman–Crippen MR) is 150 cm³/mol. The Morgan fingerprint density at radius 2 is 1.68 bits per heavy atom. The van der Waals surface area contributed by atoms with Crippen molar-refractivity contribution in [2.24, 2.45) is 5.92 Å². The number of hydrogen-bond donors (Lipinski definition) is 1. The van der Waals surface area contributed by atoms with Crippen molar-refractivity contribution in [1.82, 2.24) is 10.2 Å². The second-order valence-electron chi connectivity index (χ2n) is 9.44. The lowest BCUT2D eigenvalue weighted by Crippen LogP contribution is -2.48. The highest BCUT2D eigenvalue weighted by molar-refractivity contribution is 7.92. The fourth-order valence-corrected chi connectivity index (χ4v) is 4.99. The molecule has 210 valence electrons. The predicted octanol–water partition coefficient (Wildman–Crippen LogP) is 4.09. The zero-order valence-corrected chi connectivity index (χ0v) is 24.4. The lowest BCUT2D eigenvalue weighted by Gasteiger charge is -2.29. The molecule has 0 aliphatic carbocycles. The molecule has 0 aliphatic heterocycles. The number of hydrogen-bond acceptors (Lipinski definition) is 6. The molecule has 2 aromatic rings. The Balaban J connectivity index is 2.19. The number of carbonyl (C=O) groups excluding carboxylic acids is 2. The smallest absolute Gasteiger partial charge is 0.242 e. The number of carbonyl (C=O) groups is 2. The lowest BCUT2D eigenvalue weighted by atomic mass is 10.1. The minimum Gasteiger partial charge on any atom is -0.497 e. The zero-order chi connectivity index (χ0) is 28.5. The number of nitrogens with zero attached hydrogens (tertiary/aromatic N) is 2. The van der Waals surface area contributed by atoms with E-state index in [-0.39, 0.29) is 48.7 Å². The van der Waals surface area contributed by atoms with Crippen LogP contribution in [0.3, 0.4) is 0 Å². The molecule has 0 saturated heterocycles. The molecular formula is C27H38ClN3O6S.